The Hall–Kier alpha value is -2.39. The fourth-order valence-electron chi connectivity index (χ4n) is 2.98. The molecular weight excluding hydrogens is 369 g/mol. The van der Waals surface area contributed by atoms with Gasteiger partial charge in [0.15, 0.2) is 10.9 Å². The molecule has 1 aliphatic heterocycles. The summed E-state index contributed by atoms with van der Waals surface area (Å²) >= 11 is 4.83. The highest BCUT2D eigenvalue weighted by atomic mass is 32.1. The van der Waals surface area contributed by atoms with E-state index in [2.05, 4.69) is 5.32 Å². The second-order valence-corrected chi connectivity index (χ2v) is 6.40. The molecule has 1 aliphatic rings. The Morgan fingerprint density at radius 3 is 2.42 bits per heavy atom. The van der Waals surface area contributed by atoms with Crippen molar-refractivity contribution in [3.63, 3.8) is 0 Å². The van der Waals surface area contributed by atoms with Gasteiger partial charge in [-0.05, 0) is 31.3 Å². The number of alkyl halides is 3. The highest BCUT2D eigenvalue weighted by molar-refractivity contribution is 7.80. The lowest BCUT2D eigenvalue weighted by molar-refractivity contribution is -0.286. The number of aryl methyl sites for hydroxylation is 1. The van der Waals surface area contributed by atoms with Crippen LogP contribution in [-0.4, -0.2) is 27.9 Å². The van der Waals surface area contributed by atoms with Gasteiger partial charge in [0, 0.05) is 5.56 Å². The van der Waals surface area contributed by atoms with E-state index >= 15 is 0 Å². The highest BCUT2D eigenvalue weighted by Crippen LogP contribution is 2.44. The Bertz CT molecular complexity index is 837. The van der Waals surface area contributed by atoms with Crippen LogP contribution in [0.2, 0.25) is 0 Å². The standard InChI is InChI=1S/C17H15F3N2O3S/c1-9-7-8-11(25-9)13-12(14(23)10-5-3-2-4-6-10)16(24,17(18,19)20)22-15(26)21-13/h2-8,12-13,24H,1H3,(H2,21,22,26)/t12-,13+,16-/m0/s1. The minimum absolute atomic E-state index is 0.0323. The number of thiocarbonyl (C=S) groups is 1. The third-order valence-corrected chi connectivity index (χ3v) is 4.43. The van der Waals surface area contributed by atoms with Gasteiger partial charge in [-0.2, -0.15) is 13.2 Å². The van der Waals surface area contributed by atoms with E-state index in [1.54, 1.807) is 19.1 Å². The number of rotatable bonds is 3. The zero-order chi connectivity index (χ0) is 19.1. The van der Waals surface area contributed by atoms with Gasteiger partial charge >= 0.3 is 6.18 Å². The molecule has 0 radical (unpaired) electrons. The molecule has 0 unspecified atom stereocenters. The second kappa shape index (κ2) is 6.40. The number of Topliss-reactive ketones (excluding diaryl/α,β-unsaturated/α-hetero) is 1. The van der Waals surface area contributed by atoms with Crippen LogP contribution in [0, 0.1) is 12.8 Å². The molecule has 1 aromatic heterocycles. The van der Waals surface area contributed by atoms with Gasteiger partial charge in [0.1, 0.15) is 23.5 Å². The summed E-state index contributed by atoms with van der Waals surface area (Å²) in [5.41, 5.74) is -3.52. The van der Waals surface area contributed by atoms with Crippen LogP contribution in [0.5, 0.6) is 0 Å². The Morgan fingerprint density at radius 1 is 1.23 bits per heavy atom. The van der Waals surface area contributed by atoms with Crippen molar-refractivity contribution < 1.29 is 27.5 Å². The Kier molecular flexibility index (Phi) is 4.53. The third kappa shape index (κ3) is 3.08. The summed E-state index contributed by atoms with van der Waals surface area (Å²) in [7, 11) is 0. The van der Waals surface area contributed by atoms with Crippen molar-refractivity contribution in [3.05, 3.63) is 59.5 Å². The minimum Gasteiger partial charge on any atom is -0.464 e. The van der Waals surface area contributed by atoms with Gasteiger partial charge in [0.25, 0.3) is 0 Å². The highest BCUT2D eigenvalue weighted by Gasteiger charge is 2.66. The van der Waals surface area contributed by atoms with Gasteiger partial charge in [-0.15, -0.1) is 0 Å². The molecule has 0 bridgehead atoms. The van der Waals surface area contributed by atoms with Crippen molar-refractivity contribution in [2.75, 3.05) is 0 Å². The number of nitrogens with one attached hydrogen (secondary N) is 2. The average molecular weight is 384 g/mol. The topological polar surface area (TPSA) is 74.5 Å². The summed E-state index contributed by atoms with van der Waals surface area (Å²) in [4.78, 5) is 12.9. The summed E-state index contributed by atoms with van der Waals surface area (Å²) in [5.74, 6) is -2.33. The first-order chi connectivity index (χ1) is 12.1. The molecule has 5 nitrogen and oxygen atoms in total. The summed E-state index contributed by atoms with van der Waals surface area (Å²) in [6.07, 6.45) is -5.16. The van der Waals surface area contributed by atoms with E-state index in [0.29, 0.717) is 5.76 Å². The molecule has 0 saturated carbocycles. The number of carbonyl (C=O) groups excluding carboxylic acids is 1. The fourth-order valence-corrected chi connectivity index (χ4v) is 3.26. The quantitative estimate of drug-likeness (QED) is 0.558. The van der Waals surface area contributed by atoms with Crippen LogP contribution in [-0.2, 0) is 0 Å². The van der Waals surface area contributed by atoms with E-state index in [4.69, 9.17) is 16.6 Å². The molecule has 2 heterocycles. The predicted molar refractivity (Wildman–Crippen MR) is 90.3 cm³/mol. The Labute approximate surface area is 152 Å². The van der Waals surface area contributed by atoms with Crippen LogP contribution in [0.4, 0.5) is 13.2 Å². The number of benzene rings is 1. The molecule has 0 aliphatic carbocycles. The summed E-state index contributed by atoms with van der Waals surface area (Å²) < 4.78 is 46.6. The average Bonchev–Trinajstić information content (AvgIpc) is 3.00. The molecular formula is C17H15F3N2O3S. The predicted octanol–water partition coefficient (Wildman–Crippen LogP) is 2.86. The van der Waals surface area contributed by atoms with Crippen molar-refractivity contribution in [2.45, 2.75) is 24.9 Å². The first-order valence-corrected chi connectivity index (χ1v) is 8.07. The first-order valence-electron chi connectivity index (χ1n) is 7.67. The van der Waals surface area contributed by atoms with Crippen LogP contribution >= 0.6 is 12.2 Å². The molecule has 3 atom stereocenters. The first kappa shape index (κ1) is 18.4. The molecule has 1 saturated heterocycles. The number of hydrogen-bond acceptors (Lipinski definition) is 4. The molecule has 2 aromatic rings. The van der Waals surface area contributed by atoms with Crippen LogP contribution < -0.4 is 10.6 Å². The molecule has 3 N–H and O–H groups in total. The number of aliphatic hydroxyl groups is 1. The van der Waals surface area contributed by atoms with E-state index < -0.39 is 34.8 Å². The van der Waals surface area contributed by atoms with E-state index in [9.17, 15) is 23.1 Å². The van der Waals surface area contributed by atoms with Gasteiger partial charge in [0.2, 0.25) is 5.72 Å². The van der Waals surface area contributed by atoms with E-state index in [0.717, 1.165) is 0 Å². The van der Waals surface area contributed by atoms with Crippen LogP contribution in [0.1, 0.15) is 27.9 Å². The van der Waals surface area contributed by atoms with Crippen molar-refractivity contribution in [1.82, 2.24) is 10.6 Å². The monoisotopic (exact) mass is 384 g/mol. The molecule has 1 aromatic carbocycles. The van der Waals surface area contributed by atoms with Crippen molar-refractivity contribution in [1.29, 1.82) is 0 Å². The lowest BCUT2D eigenvalue weighted by Crippen LogP contribution is -2.72. The van der Waals surface area contributed by atoms with E-state index in [-0.39, 0.29) is 11.3 Å². The van der Waals surface area contributed by atoms with Gasteiger partial charge in [0.05, 0.1) is 0 Å². The Balaban J connectivity index is 2.15. The van der Waals surface area contributed by atoms with Gasteiger partial charge in [-0.25, -0.2) is 0 Å². The molecule has 1 fully saturated rings. The maximum absolute atomic E-state index is 13.7. The van der Waals surface area contributed by atoms with Crippen LogP contribution in [0.15, 0.2) is 46.9 Å². The maximum atomic E-state index is 13.7. The smallest absolute Gasteiger partial charge is 0.437 e. The maximum Gasteiger partial charge on any atom is 0.437 e. The zero-order valence-electron chi connectivity index (χ0n) is 13.5. The van der Waals surface area contributed by atoms with Gasteiger partial charge in [-0.3, -0.25) is 4.79 Å². The largest absolute Gasteiger partial charge is 0.464 e. The fraction of sp³-hybridized carbons (Fsp3) is 0.294. The summed E-state index contributed by atoms with van der Waals surface area (Å²) in [6.45, 7) is 1.62. The summed E-state index contributed by atoms with van der Waals surface area (Å²) in [6, 6.07) is 9.17. The van der Waals surface area contributed by atoms with Crippen molar-refractivity contribution in [2.24, 2.45) is 5.92 Å². The summed E-state index contributed by atoms with van der Waals surface area (Å²) in [5, 5.41) is 14.5. The lowest BCUT2D eigenvalue weighted by atomic mass is 9.79. The normalized spacial score (nSPS) is 26.1. The lowest BCUT2D eigenvalue weighted by Gasteiger charge is -2.45. The Morgan fingerprint density at radius 2 is 1.88 bits per heavy atom. The van der Waals surface area contributed by atoms with Crippen molar-refractivity contribution >= 4 is 23.1 Å². The van der Waals surface area contributed by atoms with Crippen molar-refractivity contribution in [3.8, 4) is 0 Å². The number of carbonyl (C=O) groups is 1. The molecule has 26 heavy (non-hydrogen) atoms. The number of hydrogen-bond donors (Lipinski definition) is 3. The van der Waals surface area contributed by atoms with E-state index in [1.807, 2.05) is 5.32 Å². The van der Waals surface area contributed by atoms with E-state index in [1.165, 1.54) is 30.3 Å². The molecule has 9 heteroatoms. The van der Waals surface area contributed by atoms with Gasteiger partial charge in [-0.1, -0.05) is 30.3 Å². The molecule has 3 rings (SSSR count). The molecule has 138 valence electrons. The second-order valence-electron chi connectivity index (χ2n) is 6.00. The van der Waals surface area contributed by atoms with Crippen LogP contribution in [0.25, 0.3) is 0 Å². The zero-order valence-corrected chi connectivity index (χ0v) is 14.3. The minimum atomic E-state index is -5.16. The molecule has 0 spiro atoms. The number of ketones is 1. The van der Waals surface area contributed by atoms with Gasteiger partial charge < -0.3 is 20.2 Å². The molecule has 0 amide bonds. The van der Waals surface area contributed by atoms with Crippen LogP contribution in [0.3, 0.4) is 0 Å². The SMILES string of the molecule is Cc1ccc([C@H]2NC(=S)N[C@@](O)(C(F)(F)F)[C@@H]2C(=O)c2ccccc2)o1. The number of furan rings is 1. The number of halogens is 3. The third-order valence-electron chi connectivity index (χ3n) is 4.21.